The van der Waals surface area contributed by atoms with Crippen LogP contribution in [0.3, 0.4) is 0 Å². The Bertz CT molecular complexity index is 484. The summed E-state index contributed by atoms with van der Waals surface area (Å²) < 4.78 is 6.44. The van der Waals surface area contributed by atoms with E-state index in [-0.39, 0.29) is 6.04 Å². The van der Waals surface area contributed by atoms with E-state index in [4.69, 9.17) is 4.42 Å². The van der Waals surface area contributed by atoms with E-state index in [9.17, 15) is 0 Å². The zero-order chi connectivity index (χ0) is 12.4. The van der Waals surface area contributed by atoms with Crippen molar-refractivity contribution in [3.63, 3.8) is 0 Å². The number of halogens is 1. The van der Waals surface area contributed by atoms with E-state index < -0.39 is 0 Å². The molecule has 0 saturated heterocycles. The molecule has 0 amide bonds. The third-order valence-electron chi connectivity index (χ3n) is 2.76. The van der Waals surface area contributed by atoms with Crippen LogP contribution in [0.25, 0.3) is 0 Å². The van der Waals surface area contributed by atoms with Gasteiger partial charge < -0.3 is 9.73 Å². The third kappa shape index (κ3) is 2.81. The van der Waals surface area contributed by atoms with Gasteiger partial charge in [-0.1, -0.05) is 6.92 Å². The van der Waals surface area contributed by atoms with Crippen LogP contribution in [0.15, 0.2) is 27.3 Å². The van der Waals surface area contributed by atoms with Crippen molar-refractivity contribution in [1.82, 2.24) is 5.32 Å². The van der Waals surface area contributed by atoms with Crippen LogP contribution in [-0.2, 0) is 0 Å². The van der Waals surface area contributed by atoms with Gasteiger partial charge in [-0.2, -0.15) is 0 Å². The SMILES string of the molecule is CCNC(c1ccc(Br)o1)c1cc(C)c(C)s1. The maximum atomic E-state index is 5.66. The Morgan fingerprint density at radius 1 is 1.41 bits per heavy atom. The van der Waals surface area contributed by atoms with Gasteiger partial charge in [-0.05, 0) is 60.1 Å². The van der Waals surface area contributed by atoms with Crippen LogP contribution in [0.5, 0.6) is 0 Å². The molecule has 2 rings (SSSR count). The highest BCUT2D eigenvalue weighted by Gasteiger charge is 2.19. The first-order chi connectivity index (χ1) is 8.11. The van der Waals surface area contributed by atoms with E-state index in [0.717, 1.165) is 17.0 Å². The molecule has 17 heavy (non-hydrogen) atoms. The first kappa shape index (κ1) is 12.9. The Balaban J connectivity index is 2.34. The summed E-state index contributed by atoms with van der Waals surface area (Å²) in [7, 11) is 0. The molecule has 2 heterocycles. The van der Waals surface area contributed by atoms with Crippen LogP contribution >= 0.6 is 27.3 Å². The van der Waals surface area contributed by atoms with Gasteiger partial charge in [0, 0.05) is 9.75 Å². The molecule has 2 aromatic heterocycles. The first-order valence-electron chi connectivity index (χ1n) is 5.67. The lowest BCUT2D eigenvalue weighted by Gasteiger charge is -2.13. The number of aryl methyl sites for hydroxylation is 2. The molecule has 1 atom stereocenters. The number of rotatable bonds is 4. The predicted octanol–water partition coefficient (Wildman–Crippen LogP) is 4.42. The second kappa shape index (κ2) is 5.38. The van der Waals surface area contributed by atoms with Crippen molar-refractivity contribution in [3.8, 4) is 0 Å². The van der Waals surface area contributed by atoms with Gasteiger partial charge in [-0.15, -0.1) is 11.3 Å². The Kier molecular flexibility index (Phi) is 4.07. The maximum absolute atomic E-state index is 5.66. The van der Waals surface area contributed by atoms with Crippen molar-refractivity contribution in [1.29, 1.82) is 0 Å². The van der Waals surface area contributed by atoms with Gasteiger partial charge in [0.2, 0.25) is 0 Å². The Hall–Kier alpha value is -0.580. The molecule has 0 spiro atoms. The molecule has 0 aliphatic heterocycles. The van der Waals surface area contributed by atoms with Crippen molar-refractivity contribution < 1.29 is 4.42 Å². The van der Waals surface area contributed by atoms with Gasteiger partial charge in [0.15, 0.2) is 4.67 Å². The van der Waals surface area contributed by atoms with Crippen molar-refractivity contribution in [3.05, 3.63) is 43.9 Å². The summed E-state index contributed by atoms with van der Waals surface area (Å²) in [6.07, 6.45) is 0. The highest BCUT2D eigenvalue weighted by Crippen LogP contribution is 2.32. The van der Waals surface area contributed by atoms with E-state index in [1.165, 1.54) is 15.3 Å². The monoisotopic (exact) mass is 313 g/mol. The average molecular weight is 314 g/mol. The normalized spacial score (nSPS) is 12.9. The molecule has 0 fully saturated rings. The van der Waals surface area contributed by atoms with Crippen LogP contribution in [-0.4, -0.2) is 6.54 Å². The Morgan fingerprint density at radius 3 is 2.65 bits per heavy atom. The highest BCUT2D eigenvalue weighted by molar-refractivity contribution is 9.10. The quantitative estimate of drug-likeness (QED) is 0.904. The van der Waals surface area contributed by atoms with Crippen LogP contribution in [0.4, 0.5) is 0 Å². The minimum Gasteiger partial charge on any atom is -0.452 e. The second-order valence-electron chi connectivity index (χ2n) is 4.02. The standard InChI is InChI=1S/C13H16BrNOS/c1-4-15-13(10-5-6-12(14)16-10)11-7-8(2)9(3)17-11/h5-7,13,15H,4H2,1-3H3. The van der Waals surface area contributed by atoms with E-state index >= 15 is 0 Å². The molecule has 1 N–H and O–H groups in total. The largest absolute Gasteiger partial charge is 0.452 e. The van der Waals surface area contributed by atoms with E-state index in [1.54, 1.807) is 0 Å². The maximum Gasteiger partial charge on any atom is 0.169 e. The van der Waals surface area contributed by atoms with Gasteiger partial charge in [-0.25, -0.2) is 0 Å². The zero-order valence-electron chi connectivity index (χ0n) is 10.2. The number of hydrogen-bond donors (Lipinski definition) is 1. The lowest BCUT2D eigenvalue weighted by atomic mass is 10.1. The fraction of sp³-hybridized carbons (Fsp3) is 0.385. The van der Waals surface area contributed by atoms with Gasteiger partial charge in [0.05, 0.1) is 0 Å². The zero-order valence-corrected chi connectivity index (χ0v) is 12.6. The molecule has 0 bridgehead atoms. The first-order valence-corrected chi connectivity index (χ1v) is 7.28. The summed E-state index contributed by atoms with van der Waals surface area (Å²) >= 11 is 5.18. The third-order valence-corrected chi connectivity index (χ3v) is 4.40. The predicted molar refractivity (Wildman–Crippen MR) is 75.7 cm³/mol. The summed E-state index contributed by atoms with van der Waals surface area (Å²) in [5, 5.41) is 3.46. The van der Waals surface area contributed by atoms with Crippen LogP contribution in [0.1, 0.15) is 34.0 Å². The number of thiophene rings is 1. The van der Waals surface area contributed by atoms with Crippen LogP contribution in [0.2, 0.25) is 0 Å². The van der Waals surface area contributed by atoms with Gasteiger partial charge in [0.25, 0.3) is 0 Å². The molecule has 92 valence electrons. The Morgan fingerprint density at radius 2 is 2.18 bits per heavy atom. The summed E-state index contributed by atoms with van der Waals surface area (Å²) in [6, 6.07) is 6.35. The number of hydrogen-bond acceptors (Lipinski definition) is 3. The number of nitrogens with one attached hydrogen (secondary N) is 1. The summed E-state index contributed by atoms with van der Waals surface area (Å²) in [5.41, 5.74) is 1.35. The van der Waals surface area contributed by atoms with Crippen molar-refractivity contribution >= 4 is 27.3 Å². The van der Waals surface area contributed by atoms with E-state index in [1.807, 2.05) is 23.5 Å². The minimum absolute atomic E-state index is 0.156. The van der Waals surface area contributed by atoms with Gasteiger partial charge in [-0.3, -0.25) is 0 Å². The second-order valence-corrected chi connectivity index (χ2v) is 6.09. The lowest BCUT2D eigenvalue weighted by molar-refractivity contribution is 0.440. The molecule has 2 aromatic rings. The fourth-order valence-corrected chi connectivity index (χ4v) is 3.22. The smallest absolute Gasteiger partial charge is 0.169 e. The van der Waals surface area contributed by atoms with Gasteiger partial charge in [0.1, 0.15) is 11.8 Å². The van der Waals surface area contributed by atoms with Crippen molar-refractivity contribution in [2.75, 3.05) is 6.54 Å². The molecule has 0 aromatic carbocycles. The molecule has 0 aliphatic carbocycles. The molecule has 4 heteroatoms. The molecular weight excluding hydrogens is 298 g/mol. The van der Waals surface area contributed by atoms with E-state index in [0.29, 0.717) is 0 Å². The molecule has 0 aliphatic rings. The highest BCUT2D eigenvalue weighted by atomic mass is 79.9. The fourth-order valence-electron chi connectivity index (χ4n) is 1.77. The summed E-state index contributed by atoms with van der Waals surface area (Å²) in [4.78, 5) is 2.68. The minimum atomic E-state index is 0.156. The molecule has 1 unspecified atom stereocenters. The summed E-state index contributed by atoms with van der Waals surface area (Å²) in [5.74, 6) is 0.958. The summed E-state index contributed by atoms with van der Waals surface area (Å²) in [6.45, 7) is 7.33. The van der Waals surface area contributed by atoms with Crippen LogP contribution in [0, 0.1) is 13.8 Å². The van der Waals surface area contributed by atoms with Crippen molar-refractivity contribution in [2.24, 2.45) is 0 Å². The van der Waals surface area contributed by atoms with E-state index in [2.05, 4.69) is 48.1 Å². The molecule has 2 nitrogen and oxygen atoms in total. The molecular formula is C13H16BrNOS. The lowest BCUT2D eigenvalue weighted by Crippen LogP contribution is -2.20. The number of furan rings is 1. The van der Waals surface area contributed by atoms with Crippen molar-refractivity contribution in [2.45, 2.75) is 26.8 Å². The Labute approximate surface area is 114 Å². The molecule has 0 radical (unpaired) electrons. The van der Waals surface area contributed by atoms with Crippen LogP contribution < -0.4 is 5.32 Å². The topological polar surface area (TPSA) is 25.2 Å². The molecule has 0 saturated carbocycles. The van der Waals surface area contributed by atoms with Gasteiger partial charge >= 0.3 is 0 Å². The average Bonchev–Trinajstić information content (AvgIpc) is 2.83.